The van der Waals surface area contributed by atoms with Gasteiger partial charge in [-0.3, -0.25) is 14.2 Å². The van der Waals surface area contributed by atoms with Gasteiger partial charge in [0, 0.05) is 4.88 Å². The van der Waals surface area contributed by atoms with Crippen LogP contribution >= 0.6 is 23.1 Å². The molecule has 45 heavy (non-hydrogen) atoms. The molecule has 236 valence electrons. The van der Waals surface area contributed by atoms with Gasteiger partial charge in [-0.05, 0) is 69.4 Å². The molecule has 0 spiro atoms. The van der Waals surface area contributed by atoms with Gasteiger partial charge in [-0.25, -0.2) is 4.79 Å². The van der Waals surface area contributed by atoms with Crippen molar-refractivity contribution in [3.63, 3.8) is 0 Å². The molecule has 0 saturated heterocycles. The first kappa shape index (κ1) is 32.0. The number of hydrogen-bond donors (Lipinski definition) is 2. The highest BCUT2D eigenvalue weighted by molar-refractivity contribution is 8.00. The minimum Gasteiger partial charge on any atom is -0.496 e. The number of ether oxygens (including phenoxy) is 3. The number of carbonyl (C=O) groups excluding carboxylic acids is 3. The summed E-state index contributed by atoms with van der Waals surface area (Å²) in [4.78, 5) is 40.6. The summed E-state index contributed by atoms with van der Waals surface area (Å²) in [7, 11) is 3.08. The normalized spacial score (nSPS) is 13.0. The molecule has 0 saturated carbocycles. The summed E-state index contributed by atoms with van der Waals surface area (Å²) >= 11 is 2.65. The molecule has 1 unspecified atom stereocenters. The van der Waals surface area contributed by atoms with E-state index in [0.717, 1.165) is 36.1 Å². The van der Waals surface area contributed by atoms with E-state index in [1.807, 2.05) is 24.3 Å². The number of esters is 1. The van der Waals surface area contributed by atoms with Crippen molar-refractivity contribution in [1.82, 2.24) is 20.1 Å². The van der Waals surface area contributed by atoms with E-state index in [-0.39, 0.29) is 25.0 Å². The topological polar surface area (TPSA) is 134 Å². The number of carbonyl (C=O) groups is 3. The summed E-state index contributed by atoms with van der Waals surface area (Å²) in [5, 5.41) is 15.0. The molecule has 0 bridgehead atoms. The first-order valence-corrected chi connectivity index (χ1v) is 16.3. The smallest absolute Gasteiger partial charge is 0.341 e. The first-order valence-electron chi connectivity index (χ1n) is 14.6. The van der Waals surface area contributed by atoms with Crippen molar-refractivity contribution in [2.24, 2.45) is 0 Å². The standard InChI is InChI=1S/C32H35N5O6S2/c1-5-43-31(40)27-21-13-7-11-17-25(21)45-30(27)34-28(38)19(2)44-32-36-35-26(37(32)22-14-8-10-16-24(22)42-4)18-33-29(39)20-12-6-9-15-23(20)41-3/h6,8-10,12,14-16,19H,5,7,11,13,17-18H2,1-4H3,(H,33,39)(H,34,38). The number of amides is 2. The van der Waals surface area contributed by atoms with E-state index in [1.165, 1.54) is 30.2 Å². The lowest BCUT2D eigenvalue weighted by molar-refractivity contribution is -0.115. The molecule has 1 aliphatic carbocycles. The van der Waals surface area contributed by atoms with E-state index in [0.29, 0.717) is 44.3 Å². The van der Waals surface area contributed by atoms with Gasteiger partial charge in [0.05, 0.1) is 49.4 Å². The molecule has 4 aromatic rings. The zero-order valence-corrected chi connectivity index (χ0v) is 27.2. The predicted molar refractivity (Wildman–Crippen MR) is 173 cm³/mol. The minimum absolute atomic E-state index is 0.0483. The number of benzene rings is 2. The molecule has 0 aliphatic heterocycles. The molecule has 1 atom stereocenters. The Morgan fingerprint density at radius 1 is 1.00 bits per heavy atom. The largest absolute Gasteiger partial charge is 0.496 e. The molecule has 2 aromatic carbocycles. The maximum atomic E-state index is 13.5. The Hall–Kier alpha value is -4.36. The van der Waals surface area contributed by atoms with Crippen LogP contribution in [-0.4, -0.2) is 58.6 Å². The maximum absolute atomic E-state index is 13.5. The van der Waals surface area contributed by atoms with Crippen molar-refractivity contribution in [3.05, 3.63) is 75.9 Å². The fraction of sp³-hybridized carbons (Fsp3) is 0.344. The van der Waals surface area contributed by atoms with Gasteiger partial charge in [-0.2, -0.15) is 0 Å². The Labute approximate surface area is 269 Å². The average molecular weight is 650 g/mol. The number of rotatable bonds is 12. The highest BCUT2D eigenvalue weighted by atomic mass is 32.2. The molecule has 0 fully saturated rings. The summed E-state index contributed by atoms with van der Waals surface area (Å²) in [6.45, 7) is 3.84. The average Bonchev–Trinajstić information content (AvgIpc) is 3.63. The Kier molecular flexibility index (Phi) is 10.4. The Balaban J connectivity index is 1.40. The van der Waals surface area contributed by atoms with Crippen LogP contribution in [0.25, 0.3) is 5.69 Å². The van der Waals surface area contributed by atoms with Crippen LogP contribution in [0.1, 0.15) is 63.7 Å². The van der Waals surface area contributed by atoms with Crippen molar-refractivity contribution in [2.75, 3.05) is 26.1 Å². The second-order valence-corrected chi connectivity index (χ2v) is 12.6. The fourth-order valence-electron chi connectivity index (χ4n) is 5.13. The zero-order chi connectivity index (χ0) is 31.9. The van der Waals surface area contributed by atoms with E-state index < -0.39 is 11.2 Å². The summed E-state index contributed by atoms with van der Waals surface area (Å²) in [6.07, 6.45) is 3.72. The third-order valence-corrected chi connectivity index (χ3v) is 9.57. The number of fused-ring (bicyclic) bond motifs is 1. The van der Waals surface area contributed by atoms with Gasteiger partial charge in [0.1, 0.15) is 16.5 Å². The lowest BCUT2D eigenvalue weighted by Crippen LogP contribution is -2.25. The van der Waals surface area contributed by atoms with Crippen molar-refractivity contribution in [2.45, 2.75) is 56.5 Å². The van der Waals surface area contributed by atoms with E-state index in [1.54, 1.807) is 49.8 Å². The number of aryl methyl sites for hydroxylation is 1. The number of nitrogens with one attached hydrogen (secondary N) is 2. The molecular formula is C32H35N5O6S2. The summed E-state index contributed by atoms with van der Waals surface area (Å²) in [5.41, 5.74) is 2.49. The molecule has 13 heteroatoms. The lowest BCUT2D eigenvalue weighted by atomic mass is 9.95. The number of para-hydroxylation sites is 3. The molecule has 2 aromatic heterocycles. The second kappa shape index (κ2) is 14.6. The van der Waals surface area contributed by atoms with E-state index in [4.69, 9.17) is 14.2 Å². The number of thioether (sulfide) groups is 1. The molecule has 1 aliphatic rings. The van der Waals surface area contributed by atoms with Gasteiger partial charge >= 0.3 is 5.97 Å². The highest BCUT2D eigenvalue weighted by Gasteiger charge is 2.29. The summed E-state index contributed by atoms with van der Waals surface area (Å²) in [6, 6.07) is 14.3. The van der Waals surface area contributed by atoms with Crippen LogP contribution in [0.15, 0.2) is 53.7 Å². The van der Waals surface area contributed by atoms with Gasteiger partial charge in [-0.1, -0.05) is 36.0 Å². The van der Waals surface area contributed by atoms with Crippen LogP contribution in [0, 0.1) is 0 Å². The zero-order valence-electron chi connectivity index (χ0n) is 25.5. The monoisotopic (exact) mass is 649 g/mol. The number of nitrogens with zero attached hydrogens (tertiary/aromatic N) is 3. The number of aromatic nitrogens is 3. The Bertz CT molecular complexity index is 1700. The van der Waals surface area contributed by atoms with Crippen molar-refractivity contribution in [3.8, 4) is 17.2 Å². The van der Waals surface area contributed by atoms with Crippen LogP contribution in [0.4, 0.5) is 5.00 Å². The van der Waals surface area contributed by atoms with Crippen LogP contribution < -0.4 is 20.1 Å². The fourth-order valence-corrected chi connectivity index (χ4v) is 7.29. The molecule has 2 amide bonds. The SMILES string of the molecule is CCOC(=O)c1c(NC(=O)C(C)Sc2nnc(CNC(=O)c3ccccc3OC)n2-c2ccccc2OC)sc2c1CCCC2. The molecule has 5 rings (SSSR count). The van der Waals surface area contributed by atoms with Crippen LogP contribution in [-0.2, 0) is 28.9 Å². The van der Waals surface area contributed by atoms with Crippen molar-refractivity contribution < 1.29 is 28.6 Å². The van der Waals surface area contributed by atoms with Gasteiger partial charge in [0.25, 0.3) is 5.91 Å². The van der Waals surface area contributed by atoms with Crippen molar-refractivity contribution >= 4 is 45.9 Å². The lowest BCUT2D eigenvalue weighted by Gasteiger charge is -2.16. The predicted octanol–water partition coefficient (Wildman–Crippen LogP) is 5.45. The summed E-state index contributed by atoms with van der Waals surface area (Å²) < 4.78 is 18.1. The third-order valence-electron chi connectivity index (χ3n) is 7.32. The molecule has 2 N–H and O–H groups in total. The quantitative estimate of drug-likeness (QED) is 0.152. The number of methoxy groups -OCH3 is 2. The Morgan fingerprint density at radius 2 is 1.71 bits per heavy atom. The molecule has 0 radical (unpaired) electrons. The minimum atomic E-state index is -0.618. The van der Waals surface area contributed by atoms with E-state index in [2.05, 4.69) is 20.8 Å². The van der Waals surface area contributed by atoms with Crippen LogP contribution in [0.3, 0.4) is 0 Å². The van der Waals surface area contributed by atoms with Gasteiger partial charge < -0.3 is 24.8 Å². The molecular weight excluding hydrogens is 615 g/mol. The van der Waals surface area contributed by atoms with Gasteiger partial charge in [0.2, 0.25) is 5.91 Å². The molecule has 11 nitrogen and oxygen atoms in total. The van der Waals surface area contributed by atoms with Gasteiger partial charge in [0.15, 0.2) is 11.0 Å². The summed E-state index contributed by atoms with van der Waals surface area (Å²) in [5.74, 6) is 0.424. The molecule has 2 heterocycles. The Morgan fingerprint density at radius 3 is 2.47 bits per heavy atom. The van der Waals surface area contributed by atoms with Crippen LogP contribution in [0.2, 0.25) is 0 Å². The number of thiophene rings is 1. The second-order valence-electron chi connectivity index (χ2n) is 10.2. The first-order chi connectivity index (χ1) is 21.9. The number of anilines is 1. The highest BCUT2D eigenvalue weighted by Crippen LogP contribution is 2.39. The van der Waals surface area contributed by atoms with Crippen LogP contribution in [0.5, 0.6) is 11.5 Å². The maximum Gasteiger partial charge on any atom is 0.341 e. The van der Waals surface area contributed by atoms with E-state index >= 15 is 0 Å². The van der Waals surface area contributed by atoms with Crippen molar-refractivity contribution in [1.29, 1.82) is 0 Å². The van der Waals surface area contributed by atoms with Gasteiger partial charge in [-0.15, -0.1) is 21.5 Å². The number of hydrogen-bond acceptors (Lipinski definition) is 10. The van der Waals surface area contributed by atoms with E-state index in [9.17, 15) is 14.4 Å². The third kappa shape index (κ3) is 6.99.